The van der Waals surface area contributed by atoms with E-state index in [0.29, 0.717) is 12.8 Å². The molecule has 22 heavy (non-hydrogen) atoms. The molecule has 0 radical (unpaired) electrons. The monoisotopic (exact) mass is 305 g/mol. The zero-order valence-electron chi connectivity index (χ0n) is 12.9. The smallest absolute Gasteiger partial charge is 0.316 e. The van der Waals surface area contributed by atoms with Gasteiger partial charge < -0.3 is 19.7 Å². The first kappa shape index (κ1) is 15.5. The predicted octanol–water partition coefficient (Wildman–Crippen LogP) is 1.94. The Morgan fingerprint density at radius 2 is 1.91 bits per heavy atom. The van der Waals surface area contributed by atoms with Crippen molar-refractivity contribution in [2.24, 2.45) is 0 Å². The molecule has 0 spiro atoms. The summed E-state index contributed by atoms with van der Waals surface area (Å²) in [5.41, 5.74) is 0.762. The number of esters is 1. The van der Waals surface area contributed by atoms with E-state index in [4.69, 9.17) is 4.74 Å². The second-order valence-corrected chi connectivity index (χ2v) is 6.62. The lowest BCUT2D eigenvalue weighted by Crippen LogP contribution is -2.55. The fourth-order valence-electron chi connectivity index (χ4n) is 3.90. The van der Waals surface area contributed by atoms with Gasteiger partial charge in [-0.05, 0) is 5.56 Å². The van der Waals surface area contributed by atoms with Crippen molar-refractivity contribution in [2.45, 2.75) is 49.8 Å². The molecule has 5 nitrogen and oxygen atoms in total. The number of ether oxygens (including phenoxy) is 1. The summed E-state index contributed by atoms with van der Waals surface area (Å²) < 4.78 is 5.44. The van der Waals surface area contributed by atoms with Crippen molar-refractivity contribution in [3.63, 3.8) is 0 Å². The molecule has 2 fully saturated rings. The average molecular weight is 305 g/mol. The van der Waals surface area contributed by atoms with Gasteiger partial charge in [-0.2, -0.15) is 0 Å². The number of aliphatic hydroxyl groups excluding tert-OH is 1. The highest BCUT2D eigenvalue weighted by atomic mass is 16.6. The Hall–Kier alpha value is -1.43. The molecule has 3 rings (SSSR count). The minimum absolute atomic E-state index is 0.0425. The average Bonchev–Trinajstić information content (AvgIpc) is 2.68. The summed E-state index contributed by atoms with van der Waals surface area (Å²) in [6.45, 7) is -0.266. The van der Waals surface area contributed by atoms with Crippen LogP contribution < -0.4 is 0 Å². The predicted molar refractivity (Wildman–Crippen MR) is 81.7 cm³/mol. The van der Waals surface area contributed by atoms with Crippen molar-refractivity contribution in [3.05, 3.63) is 41.1 Å². The largest absolute Gasteiger partial charge is 0.633 e. The highest BCUT2D eigenvalue weighted by molar-refractivity contribution is 5.78. The molecule has 2 aliphatic rings. The van der Waals surface area contributed by atoms with Crippen molar-refractivity contribution < 1.29 is 19.3 Å². The first-order valence-electron chi connectivity index (χ1n) is 7.95. The minimum atomic E-state index is -0.645. The number of fused-ring (bicyclic) bond motifs is 2. The number of quaternary nitrogens is 1. The molecule has 1 aromatic rings. The number of aliphatic hydroxyl groups is 1. The number of hydroxylamine groups is 3. The van der Waals surface area contributed by atoms with Gasteiger partial charge in [-0.25, -0.2) is 0 Å². The Balaban J connectivity index is 1.65. The van der Waals surface area contributed by atoms with Crippen molar-refractivity contribution in [2.75, 3.05) is 13.7 Å². The summed E-state index contributed by atoms with van der Waals surface area (Å²) in [4.78, 5) is 12.4. The third-order valence-corrected chi connectivity index (χ3v) is 5.30. The third kappa shape index (κ3) is 2.76. The topological polar surface area (TPSA) is 69.6 Å². The third-order valence-electron chi connectivity index (χ3n) is 5.30. The zero-order chi connectivity index (χ0) is 15.7. The maximum Gasteiger partial charge on any atom is 0.316 e. The van der Waals surface area contributed by atoms with Crippen LogP contribution in [0.25, 0.3) is 0 Å². The van der Waals surface area contributed by atoms with E-state index in [2.05, 4.69) is 0 Å². The Bertz CT molecular complexity index is 515. The van der Waals surface area contributed by atoms with Gasteiger partial charge in [0.25, 0.3) is 0 Å². The lowest BCUT2D eigenvalue weighted by Gasteiger charge is -2.50. The molecule has 1 N–H and O–H groups in total. The molecular weight excluding hydrogens is 282 g/mol. The van der Waals surface area contributed by atoms with E-state index >= 15 is 0 Å². The standard InChI is InChI=1S/C17H23NO4/c1-18(21)13-7-8-14(18)10-15(9-13)22-17(20)16(11-19)12-5-3-2-4-6-12/h2-6,13-16,19H,7-11H2,1H3/t13-,14-,15?,16?,18?/m1/s1. The fourth-order valence-corrected chi connectivity index (χ4v) is 3.90. The van der Waals surface area contributed by atoms with Crippen molar-refractivity contribution in [3.8, 4) is 0 Å². The summed E-state index contributed by atoms with van der Waals surface area (Å²) >= 11 is 0. The lowest BCUT2D eigenvalue weighted by atomic mass is 9.98. The van der Waals surface area contributed by atoms with Gasteiger partial charge in [0.15, 0.2) is 0 Å². The number of hydrogen-bond acceptors (Lipinski definition) is 4. The van der Waals surface area contributed by atoms with E-state index in [1.807, 2.05) is 30.3 Å². The Morgan fingerprint density at radius 1 is 1.32 bits per heavy atom. The van der Waals surface area contributed by atoms with Crippen LogP contribution in [0.5, 0.6) is 0 Å². The molecule has 0 aromatic heterocycles. The molecule has 0 aliphatic carbocycles. The first-order valence-corrected chi connectivity index (χ1v) is 7.95. The molecule has 2 heterocycles. The van der Waals surface area contributed by atoms with Gasteiger partial charge in [-0.3, -0.25) is 4.79 Å². The summed E-state index contributed by atoms with van der Waals surface area (Å²) in [6.07, 6.45) is 2.91. The number of rotatable bonds is 4. The number of nitrogens with zero attached hydrogens (tertiary/aromatic N) is 1. The maximum atomic E-state index is 12.4. The van der Waals surface area contributed by atoms with Crippen LogP contribution in [0.3, 0.4) is 0 Å². The first-order chi connectivity index (χ1) is 10.5. The molecule has 2 saturated heterocycles. The second kappa shape index (κ2) is 5.99. The highest BCUT2D eigenvalue weighted by Gasteiger charge is 2.48. The summed E-state index contributed by atoms with van der Waals surface area (Å²) in [5, 5.41) is 22.0. The molecule has 3 atom stereocenters. The van der Waals surface area contributed by atoms with Gasteiger partial charge in [0.1, 0.15) is 12.0 Å². The van der Waals surface area contributed by atoms with E-state index in [-0.39, 0.29) is 35.4 Å². The number of benzene rings is 1. The normalized spacial score (nSPS) is 35.1. The summed E-state index contributed by atoms with van der Waals surface area (Å²) in [7, 11) is 1.74. The molecule has 1 unspecified atom stereocenters. The van der Waals surface area contributed by atoms with Crippen molar-refractivity contribution in [1.82, 2.24) is 0 Å². The second-order valence-electron chi connectivity index (χ2n) is 6.62. The van der Waals surface area contributed by atoms with E-state index in [0.717, 1.165) is 18.4 Å². The quantitative estimate of drug-likeness (QED) is 0.524. The Labute approximate surface area is 130 Å². The zero-order valence-corrected chi connectivity index (χ0v) is 12.9. The van der Waals surface area contributed by atoms with Gasteiger partial charge in [0.2, 0.25) is 0 Å². The Kier molecular flexibility index (Phi) is 4.21. The fraction of sp³-hybridized carbons (Fsp3) is 0.588. The molecule has 1 aromatic carbocycles. The SMILES string of the molecule is C[N+]1([O-])[C@@H]2CC[C@@H]1CC(OC(=O)C(CO)c1ccccc1)C2. The van der Waals surface area contributed by atoms with Gasteiger partial charge in [-0.1, -0.05) is 30.3 Å². The Morgan fingerprint density at radius 3 is 2.45 bits per heavy atom. The lowest BCUT2D eigenvalue weighted by molar-refractivity contribution is -0.903. The number of carbonyl (C=O) groups excluding carboxylic acids is 1. The number of hydrogen-bond donors (Lipinski definition) is 1. The van der Waals surface area contributed by atoms with Crippen LogP contribution in [0.4, 0.5) is 0 Å². The summed E-state index contributed by atoms with van der Waals surface area (Å²) in [6, 6.07) is 9.27. The van der Waals surface area contributed by atoms with Crippen LogP contribution in [0.15, 0.2) is 30.3 Å². The van der Waals surface area contributed by atoms with Crippen LogP contribution in [0.2, 0.25) is 0 Å². The maximum absolute atomic E-state index is 12.4. The molecular formula is C17H23NO4. The molecule has 0 amide bonds. The van der Waals surface area contributed by atoms with Gasteiger partial charge >= 0.3 is 5.97 Å². The highest BCUT2D eigenvalue weighted by Crippen LogP contribution is 2.41. The van der Waals surface area contributed by atoms with E-state index < -0.39 is 5.92 Å². The van der Waals surface area contributed by atoms with Gasteiger partial charge in [0, 0.05) is 25.7 Å². The molecule has 2 aliphatic heterocycles. The van der Waals surface area contributed by atoms with E-state index in [1.54, 1.807) is 7.05 Å². The number of piperidine rings is 1. The van der Waals surface area contributed by atoms with Crippen molar-refractivity contribution >= 4 is 5.97 Å². The number of carbonyl (C=O) groups is 1. The van der Waals surface area contributed by atoms with Gasteiger partial charge in [-0.15, -0.1) is 0 Å². The van der Waals surface area contributed by atoms with Crippen LogP contribution in [0, 0.1) is 5.21 Å². The van der Waals surface area contributed by atoms with Crippen molar-refractivity contribution in [1.29, 1.82) is 0 Å². The molecule has 2 bridgehead atoms. The molecule has 5 heteroatoms. The van der Waals surface area contributed by atoms with Crippen LogP contribution in [0.1, 0.15) is 37.2 Å². The van der Waals surface area contributed by atoms with Crippen LogP contribution in [-0.4, -0.2) is 47.6 Å². The van der Waals surface area contributed by atoms with E-state index in [1.165, 1.54) is 0 Å². The summed E-state index contributed by atoms with van der Waals surface area (Å²) in [5.74, 6) is -1.03. The van der Waals surface area contributed by atoms with Gasteiger partial charge in [0.05, 0.1) is 25.7 Å². The molecule has 0 saturated carbocycles. The van der Waals surface area contributed by atoms with E-state index in [9.17, 15) is 15.1 Å². The van der Waals surface area contributed by atoms with Crippen LogP contribution >= 0.6 is 0 Å². The van der Waals surface area contributed by atoms with Crippen LogP contribution in [-0.2, 0) is 9.53 Å². The molecule has 120 valence electrons. The minimum Gasteiger partial charge on any atom is -0.633 e.